The fourth-order valence-corrected chi connectivity index (χ4v) is 3.15. The maximum Gasteiger partial charge on any atom is 0.278 e. The number of carbonyl (C=O) groups excluding carboxylic acids is 1. The minimum Gasteiger partial charge on any atom is -0.332 e. The van der Waals surface area contributed by atoms with Crippen LogP contribution in [0.5, 0.6) is 0 Å². The van der Waals surface area contributed by atoms with Crippen LogP contribution in [-0.4, -0.2) is 34.1 Å². The number of amides is 1. The highest BCUT2D eigenvalue weighted by Gasteiger charge is 2.15. The normalized spacial score (nSPS) is 17.0. The largest absolute Gasteiger partial charge is 0.332 e. The maximum atomic E-state index is 12.2. The number of hydrogen-bond acceptors (Lipinski definition) is 6. The average Bonchev–Trinajstić information content (AvgIpc) is 3.27. The molecule has 0 bridgehead atoms. The van der Waals surface area contributed by atoms with E-state index in [2.05, 4.69) is 37.9 Å². The zero-order valence-electron chi connectivity index (χ0n) is 13.7. The van der Waals surface area contributed by atoms with Gasteiger partial charge in [0, 0.05) is 12.4 Å². The Hall–Kier alpha value is -2.80. The summed E-state index contributed by atoms with van der Waals surface area (Å²) in [4.78, 5) is 20.4. The van der Waals surface area contributed by atoms with E-state index in [-0.39, 0.29) is 12.3 Å². The van der Waals surface area contributed by atoms with Crippen LogP contribution in [0, 0.1) is 5.92 Å². The van der Waals surface area contributed by atoms with E-state index in [1.165, 1.54) is 24.4 Å². The molecule has 128 valence electrons. The number of carbonyl (C=O) groups is 1. The molecule has 4 rings (SSSR count). The summed E-state index contributed by atoms with van der Waals surface area (Å²) < 4.78 is 5.04. The molecule has 1 aromatic carbocycles. The van der Waals surface area contributed by atoms with Crippen LogP contribution >= 0.6 is 0 Å². The third-order valence-corrected chi connectivity index (χ3v) is 4.44. The van der Waals surface area contributed by atoms with Gasteiger partial charge in [-0.15, -0.1) is 0 Å². The lowest BCUT2D eigenvalue weighted by Gasteiger charge is -2.09. The molecule has 7 heteroatoms. The van der Waals surface area contributed by atoms with Gasteiger partial charge in [-0.05, 0) is 43.0 Å². The summed E-state index contributed by atoms with van der Waals surface area (Å²) in [5.74, 6) is 0.864. The molecule has 1 aliphatic rings. The lowest BCUT2D eigenvalue weighted by atomic mass is 9.97. The van der Waals surface area contributed by atoms with Gasteiger partial charge in [-0.1, -0.05) is 29.4 Å². The van der Waals surface area contributed by atoms with Crippen molar-refractivity contribution in [1.82, 2.24) is 20.4 Å². The molecule has 3 aromatic rings. The van der Waals surface area contributed by atoms with Gasteiger partial charge in [-0.2, -0.15) is 0 Å². The predicted octanol–water partition coefficient (Wildman–Crippen LogP) is 1.95. The minimum atomic E-state index is -0.159. The van der Waals surface area contributed by atoms with E-state index in [4.69, 9.17) is 4.52 Å². The topological polar surface area (TPSA) is 92.9 Å². The number of rotatable bonds is 5. The predicted molar refractivity (Wildman–Crippen MR) is 93.1 cm³/mol. The minimum absolute atomic E-state index is 0.159. The third-order valence-electron chi connectivity index (χ3n) is 4.44. The summed E-state index contributed by atoms with van der Waals surface area (Å²) in [6.45, 7) is 2.21. The van der Waals surface area contributed by atoms with E-state index in [1.54, 1.807) is 0 Å². The van der Waals surface area contributed by atoms with Crippen LogP contribution < -0.4 is 10.6 Å². The van der Waals surface area contributed by atoms with Crippen LogP contribution in [0.1, 0.15) is 17.5 Å². The van der Waals surface area contributed by atoms with Crippen molar-refractivity contribution < 1.29 is 9.32 Å². The highest BCUT2D eigenvalue weighted by atomic mass is 16.5. The molecule has 0 aliphatic carbocycles. The second-order valence-corrected chi connectivity index (χ2v) is 6.35. The van der Waals surface area contributed by atoms with Crippen LogP contribution in [0.15, 0.2) is 41.2 Å². The molecule has 1 unspecified atom stereocenters. The van der Waals surface area contributed by atoms with Gasteiger partial charge in [-0.3, -0.25) is 4.79 Å². The van der Waals surface area contributed by atoms with Crippen molar-refractivity contribution in [3.63, 3.8) is 0 Å². The van der Waals surface area contributed by atoms with E-state index in [0.29, 0.717) is 17.0 Å². The van der Waals surface area contributed by atoms with Gasteiger partial charge in [0.15, 0.2) is 5.52 Å². The SMILES string of the molecule is O=C(Cc1ccc(CC2CCNC2)cc1)Nc1noc2nccnc12. The van der Waals surface area contributed by atoms with Crippen LogP contribution in [0.3, 0.4) is 0 Å². The number of anilines is 1. The van der Waals surface area contributed by atoms with Crippen LogP contribution in [-0.2, 0) is 17.6 Å². The van der Waals surface area contributed by atoms with Gasteiger partial charge in [0.2, 0.25) is 11.7 Å². The fraction of sp³-hybridized carbons (Fsp3) is 0.333. The standard InChI is InChI=1S/C18H19N5O2/c24-15(22-17-16-18(25-23-17)21-8-7-20-16)10-13-3-1-12(2-4-13)9-14-5-6-19-11-14/h1-4,7-8,14,19H,5-6,9-11H2,(H,22,23,24). The van der Waals surface area contributed by atoms with Crippen LogP contribution in [0.2, 0.25) is 0 Å². The van der Waals surface area contributed by atoms with Gasteiger partial charge in [0.1, 0.15) is 0 Å². The summed E-state index contributed by atoms with van der Waals surface area (Å²) >= 11 is 0. The number of hydrogen-bond donors (Lipinski definition) is 2. The average molecular weight is 337 g/mol. The second-order valence-electron chi connectivity index (χ2n) is 6.35. The highest BCUT2D eigenvalue weighted by molar-refractivity contribution is 5.97. The number of nitrogens with one attached hydrogen (secondary N) is 2. The molecule has 0 radical (unpaired) electrons. The first-order chi connectivity index (χ1) is 12.3. The fourth-order valence-electron chi connectivity index (χ4n) is 3.15. The van der Waals surface area contributed by atoms with Gasteiger partial charge >= 0.3 is 0 Å². The molecule has 1 fully saturated rings. The van der Waals surface area contributed by atoms with Crippen molar-refractivity contribution in [2.24, 2.45) is 5.92 Å². The Bertz CT molecular complexity index is 869. The smallest absolute Gasteiger partial charge is 0.278 e. The molecule has 1 saturated heterocycles. The molecule has 1 aliphatic heterocycles. The Labute approximate surface area is 144 Å². The molecule has 0 saturated carbocycles. The van der Waals surface area contributed by atoms with E-state index < -0.39 is 0 Å². The monoisotopic (exact) mass is 337 g/mol. The summed E-state index contributed by atoms with van der Waals surface area (Å²) in [5.41, 5.74) is 3.04. The Morgan fingerprint density at radius 3 is 2.80 bits per heavy atom. The first-order valence-electron chi connectivity index (χ1n) is 8.43. The number of benzene rings is 1. The molecule has 2 N–H and O–H groups in total. The molecular weight excluding hydrogens is 318 g/mol. The molecule has 2 aromatic heterocycles. The number of fused-ring (bicyclic) bond motifs is 1. The first-order valence-corrected chi connectivity index (χ1v) is 8.43. The number of nitrogens with zero attached hydrogens (tertiary/aromatic N) is 3. The van der Waals surface area contributed by atoms with E-state index >= 15 is 0 Å². The van der Waals surface area contributed by atoms with Gasteiger partial charge in [0.25, 0.3) is 5.71 Å². The highest BCUT2D eigenvalue weighted by Crippen LogP contribution is 2.18. The van der Waals surface area contributed by atoms with Crippen LogP contribution in [0.4, 0.5) is 5.82 Å². The molecular formula is C18H19N5O2. The second kappa shape index (κ2) is 6.98. The lowest BCUT2D eigenvalue weighted by molar-refractivity contribution is -0.115. The van der Waals surface area contributed by atoms with E-state index in [0.717, 1.165) is 31.0 Å². The Morgan fingerprint density at radius 1 is 1.20 bits per heavy atom. The molecule has 25 heavy (non-hydrogen) atoms. The Morgan fingerprint density at radius 2 is 2.00 bits per heavy atom. The maximum absolute atomic E-state index is 12.2. The zero-order chi connectivity index (χ0) is 17.1. The van der Waals surface area contributed by atoms with Gasteiger partial charge < -0.3 is 15.2 Å². The quantitative estimate of drug-likeness (QED) is 0.739. The summed E-state index contributed by atoms with van der Waals surface area (Å²) in [5, 5.41) is 9.93. The zero-order valence-corrected chi connectivity index (χ0v) is 13.7. The van der Waals surface area contributed by atoms with Gasteiger partial charge in [0.05, 0.1) is 6.42 Å². The van der Waals surface area contributed by atoms with E-state index in [9.17, 15) is 4.79 Å². The molecule has 3 heterocycles. The van der Waals surface area contributed by atoms with Crippen molar-refractivity contribution in [3.8, 4) is 0 Å². The van der Waals surface area contributed by atoms with Gasteiger partial charge in [-0.25, -0.2) is 9.97 Å². The van der Waals surface area contributed by atoms with Crippen molar-refractivity contribution in [3.05, 3.63) is 47.8 Å². The summed E-state index contributed by atoms with van der Waals surface area (Å²) in [6.07, 6.45) is 5.65. The summed E-state index contributed by atoms with van der Waals surface area (Å²) in [7, 11) is 0. The summed E-state index contributed by atoms with van der Waals surface area (Å²) in [6, 6.07) is 8.24. The third kappa shape index (κ3) is 3.66. The van der Waals surface area contributed by atoms with Crippen LogP contribution in [0.25, 0.3) is 11.2 Å². The molecule has 1 amide bonds. The van der Waals surface area contributed by atoms with Crippen molar-refractivity contribution in [2.75, 3.05) is 18.4 Å². The molecule has 7 nitrogen and oxygen atoms in total. The van der Waals surface area contributed by atoms with Crippen molar-refractivity contribution in [2.45, 2.75) is 19.3 Å². The lowest BCUT2D eigenvalue weighted by Crippen LogP contribution is -2.15. The first kappa shape index (κ1) is 15.7. The molecule has 0 spiro atoms. The Kier molecular flexibility index (Phi) is 4.39. The van der Waals surface area contributed by atoms with E-state index in [1.807, 2.05) is 12.1 Å². The van der Waals surface area contributed by atoms with Crippen molar-refractivity contribution >= 4 is 23.0 Å². The van der Waals surface area contributed by atoms with Crippen molar-refractivity contribution in [1.29, 1.82) is 0 Å². The number of aromatic nitrogens is 3. The Balaban J connectivity index is 1.37. The molecule has 1 atom stereocenters.